The summed E-state index contributed by atoms with van der Waals surface area (Å²) in [6.45, 7) is 6.19. The Bertz CT molecular complexity index is 744. The van der Waals surface area contributed by atoms with Gasteiger partial charge in [-0.2, -0.15) is 5.26 Å². The van der Waals surface area contributed by atoms with E-state index in [9.17, 15) is 4.79 Å². The number of nitrogens with zero attached hydrogens (tertiary/aromatic N) is 6. The molecule has 0 spiro atoms. The van der Waals surface area contributed by atoms with Crippen LogP contribution in [-0.4, -0.2) is 77.5 Å². The number of carbonyl (C=O) groups excluding carboxylic acids is 1. The van der Waals surface area contributed by atoms with Crippen molar-refractivity contribution in [2.75, 3.05) is 56.0 Å². The fourth-order valence-corrected chi connectivity index (χ4v) is 4.40. The van der Waals surface area contributed by atoms with Crippen molar-refractivity contribution in [2.24, 2.45) is 5.92 Å². The van der Waals surface area contributed by atoms with Crippen LogP contribution in [0, 0.1) is 17.2 Å². The zero-order valence-electron chi connectivity index (χ0n) is 17.8. The van der Waals surface area contributed by atoms with Crippen molar-refractivity contribution in [3.05, 3.63) is 12.4 Å². The van der Waals surface area contributed by atoms with Gasteiger partial charge in [0.25, 0.3) is 0 Å². The van der Waals surface area contributed by atoms with Gasteiger partial charge in [0, 0.05) is 70.8 Å². The van der Waals surface area contributed by atoms with Crippen LogP contribution in [0.3, 0.4) is 0 Å². The summed E-state index contributed by atoms with van der Waals surface area (Å²) in [5, 5.41) is 12.1. The predicted molar refractivity (Wildman–Crippen MR) is 116 cm³/mol. The molecule has 1 amide bonds. The number of aromatic nitrogens is 2. The van der Waals surface area contributed by atoms with E-state index < -0.39 is 0 Å². The van der Waals surface area contributed by atoms with Crippen molar-refractivity contribution in [3.63, 3.8) is 0 Å². The molecule has 3 aliphatic rings. The second-order valence-corrected chi connectivity index (χ2v) is 8.78. The molecule has 2 saturated heterocycles. The molecule has 0 aromatic carbocycles. The molecule has 8 heteroatoms. The molecular formula is C22H33N7O. The van der Waals surface area contributed by atoms with E-state index in [1.807, 2.05) is 4.90 Å². The first-order valence-corrected chi connectivity index (χ1v) is 11.4. The summed E-state index contributed by atoms with van der Waals surface area (Å²) in [5.41, 5.74) is 0. The molecular weight excluding hydrogens is 378 g/mol. The average Bonchev–Trinajstić information content (AvgIpc) is 3.61. The van der Waals surface area contributed by atoms with Crippen LogP contribution in [0.5, 0.6) is 0 Å². The third-order valence-corrected chi connectivity index (χ3v) is 6.55. The lowest BCUT2D eigenvalue weighted by Crippen LogP contribution is -2.48. The first kappa shape index (κ1) is 20.9. The average molecular weight is 412 g/mol. The maximum Gasteiger partial charge on any atom is 0.222 e. The van der Waals surface area contributed by atoms with E-state index in [0.717, 1.165) is 76.7 Å². The summed E-state index contributed by atoms with van der Waals surface area (Å²) in [6.07, 6.45) is 8.58. The minimum absolute atomic E-state index is 0.295. The molecule has 162 valence electrons. The van der Waals surface area contributed by atoms with Crippen LogP contribution in [-0.2, 0) is 4.79 Å². The Balaban J connectivity index is 1.16. The summed E-state index contributed by atoms with van der Waals surface area (Å²) >= 11 is 0. The van der Waals surface area contributed by atoms with Crippen molar-refractivity contribution in [1.82, 2.24) is 19.8 Å². The Morgan fingerprint density at radius 2 is 1.87 bits per heavy atom. The van der Waals surface area contributed by atoms with Gasteiger partial charge < -0.3 is 15.1 Å². The number of hydrogen-bond acceptors (Lipinski definition) is 7. The van der Waals surface area contributed by atoms with Crippen LogP contribution >= 0.6 is 0 Å². The van der Waals surface area contributed by atoms with Crippen LogP contribution < -0.4 is 10.2 Å². The number of anilines is 2. The number of piperidine rings is 1. The highest BCUT2D eigenvalue weighted by atomic mass is 16.2. The lowest BCUT2D eigenvalue weighted by atomic mass is 9.92. The summed E-state index contributed by atoms with van der Waals surface area (Å²) in [6, 6.07) is 4.86. The third-order valence-electron chi connectivity index (χ3n) is 6.55. The van der Waals surface area contributed by atoms with E-state index in [2.05, 4.69) is 37.2 Å². The topological polar surface area (TPSA) is 88.4 Å². The molecule has 1 saturated carbocycles. The number of amides is 1. The molecule has 8 nitrogen and oxygen atoms in total. The Hall–Kier alpha value is -2.40. The SMILES string of the molecule is N#CCCN1CCN(C(=O)CCC2CCN(c3cc(NC4CC4)ncn3)CC2)CC1. The Labute approximate surface area is 179 Å². The van der Waals surface area contributed by atoms with E-state index in [4.69, 9.17) is 5.26 Å². The maximum atomic E-state index is 12.6. The molecule has 0 bridgehead atoms. The molecule has 4 rings (SSSR count). The van der Waals surface area contributed by atoms with Gasteiger partial charge in [0.1, 0.15) is 18.0 Å². The number of nitriles is 1. The van der Waals surface area contributed by atoms with Gasteiger partial charge in [0.2, 0.25) is 5.91 Å². The molecule has 0 radical (unpaired) electrons. The number of rotatable bonds is 8. The molecule has 1 aliphatic carbocycles. The minimum atomic E-state index is 0.295. The zero-order chi connectivity index (χ0) is 20.8. The highest BCUT2D eigenvalue weighted by Gasteiger charge is 2.25. The van der Waals surface area contributed by atoms with Gasteiger partial charge in [-0.15, -0.1) is 0 Å². The lowest BCUT2D eigenvalue weighted by molar-refractivity contribution is -0.133. The van der Waals surface area contributed by atoms with Crippen LogP contribution in [0.1, 0.15) is 44.9 Å². The summed E-state index contributed by atoms with van der Waals surface area (Å²) < 4.78 is 0. The first-order valence-electron chi connectivity index (χ1n) is 11.4. The number of hydrogen-bond donors (Lipinski definition) is 1. The standard InChI is InChI=1S/C22H33N7O/c23-8-1-9-27-12-14-29(15-13-27)22(30)5-2-18-6-10-28(11-7-18)21-16-20(24-17-25-21)26-19-3-4-19/h16-19H,1-7,9-15H2,(H,24,25,26). The van der Waals surface area contributed by atoms with Crippen LogP contribution in [0.15, 0.2) is 12.4 Å². The molecule has 1 aromatic rings. The molecule has 0 atom stereocenters. The molecule has 3 heterocycles. The maximum absolute atomic E-state index is 12.6. The van der Waals surface area contributed by atoms with Gasteiger partial charge in [-0.05, 0) is 38.0 Å². The molecule has 1 N–H and O–H groups in total. The van der Waals surface area contributed by atoms with E-state index in [1.165, 1.54) is 12.8 Å². The van der Waals surface area contributed by atoms with E-state index in [1.54, 1.807) is 6.33 Å². The Morgan fingerprint density at radius 3 is 2.57 bits per heavy atom. The number of carbonyl (C=O) groups is 1. The van der Waals surface area contributed by atoms with Gasteiger partial charge in [-0.25, -0.2) is 9.97 Å². The predicted octanol–water partition coefficient (Wildman–Crippen LogP) is 2.11. The zero-order valence-corrected chi connectivity index (χ0v) is 17.8. The molecule has 30 heavy (non-hydrogen) atoms. The summed E-state index contributed by atoms with van der Waals surface area (Å²) in [7, 11) is 0. The molecule has 0 unspecified atom stereocenters. The Morgan fingerprint density at radius 1 is 1.10 bits per heavy atom. The fourth-order valence-electron chi connectivity index (χ4n) is 4.40. The van der Waals surface area contributed by atoms with Crippen LogP contribution in [0.25, 0.3) is 0 Å². The quantitative estimate of drug-likeness (QED) is 0.701. The highest BCUT2D eigenvalue weighted by molar-refractivity contribution is 5.76. The van der Waals surface area contributed by atoms with E-state index in [-0.39, 0.29) is 0 Å². The molecule has 3 fully saturated rings. The fraction of sp³-hybridized carbons (Fsp3) is 0.727. The van der Waals surface area contributed by atoms with Gasteiger partial charge in [0.15, 0.2) is 0 Å². The van der Waals surface area contributed by atoms with Crippen LogP contribution in [0.4, 0.5) is 11.6 Å². The van der Waals surface area contributed by atoms with Crippen LogP contribution in [0.2, 0.25) is 0 Å². The van der Waals surface area contributed by atoms with Gasteiger partial charge >= 0.3 is 0 Å². The van der Waals surface area contributed by atoms with E-state index in [0.29, 0.717) is 30.7 Å². The number of piperazine rings is 1. The van der Waals surface area contributed by atoms with E-state index >= 15 is 0 Å². The molecule has 1 aromatic heterocycles. The Kier molecular flexibility index (Phi) is 7.00. The van der Waals surface area contributed by atoms with Crippen molar-refractivity contribution in [1.29, 1.82) is 5.26 Å². The first-order chi connectivity index (χ1) is 14.7. The largest absolute Gasteiger partial charge is 0.367 e. The van der Waals surface area contributed by atoms with Crippen molar-refractivity contribution >= 4 is 17.5 Å². The van der Waals surface area contributed by atoms with Gasteiger partial charge in [0.05, 0.1) is 6.07 Å². The summed E-state index contributed by atoms with van der Waals surface area (Å²) in [4.78, 5) is 28.0. The van der Waals surface area contributed by atoms with Crippen molar-refractivity contribution in [2.45, 2.75) is 51.0 Å². The summed E-state index contributed by atoms with van der Waals surface area (Å²) in [5.74, 6) is 2.86. The van der Waals surface area contributed by atoms with Gasteiger partial charge in [-0.1, -0.05) is 0 Å². The monoisotopic (exact) mass is 411 g/mol. The third kappa shape index (κ3) is 5.82. The molecule has 2 aliphatic heterocycles. The van der Waals surface area contributed by atoms with Crippen molar-refractivity contribution < 1.29 is 4.79 Å². The lowest BCUT2D eigenvalue weighted by Gasteiger charge is -2.35. The van der Waals surface area contributed by atoms with Crippen molar-refractivity contribution in [3.8, 4) is 6.07 Å². The second kappa shape index (κ2) is 10.1. The normalized spacial score (nSPS) is 20.8. The second-order valence-electron chi connectivity index (χ2n) is 8.78. The smallest absolute Gasteiger partial charge is 0.222 e. The number of nitrogens with one attached hydrogen (secondary N) is 1. The minimum Gasteiger partial charge on any atom is -0.367 e. The highest BCUT2D eigenvalue weighted by Crippen LogP contribution is 2.28. The van der Waals surface area contributed by atoms with Gasteiger partial charge in [-0.3, -0.25) is 9.69 Å².